The van der Waals surface area contributed by atoms with Crippen LogP contribution >= 0.6 is 11.8 Å². The second-order valence-electron chi connectivity index (χ2n) is 7.98. The van der Waals surface area contributed by atoms with Gasteiger partial charge in [0, 0.05) is 29.3 Å². The van der Waals surface area contributed by atoms with E-state index in [0.29, 0.717) is 16.9 Å². The molecule has 0 saturated heterocycles. The Morgan fingerprint density at radius 3 is 2.36 bits per heavy atom. The van der Waals surface area contributed by atoms with Crippen molar-refractivity contribution in [1.29, 1.82) is 0 Å². The fourth-order valence-corrected chi connectivity index (χ4v) is 4.19. The molecule has 4 aromatic rings. The Morgan fingerprint density at radius 2 is 1.70 bits per heavy atom. The van der Waals surface area contributed by atoms with E-state index in [1.54, 1.807) is 12.4 Å². The van der Waals surface area contributed by atoms with Crippen LogP contribution in [-0.4, -0.2) is 31.4 Å². The smallest absolute Gasteiger partial charge is 0.234 e. The number of carbonyl (C=O) groups excluding carboxylic acids is 1. The highest BCUT2D eigenvalue weighted by molar-refractivity contribution is 7.99. The monoisotopic (exact) mass is 457 g/mol. The number of aromatic nitrogens is 4. The van der Waals surface area contributed by atoms with Gasteiger partial charge in [-0.05, 0) is 61.2 Å². The summed E-state index contributed by atoms with van der Waals surface area (Å²) in [5.74, 6) is 1.37. The normalized spacial score (nSPS) is 11.8. The van der Waals surface area contributed by atoms with Gasteiger partial charge in [-0.15, -0.1) is 10.2 Å². The van der Waals surface area contributed by atoms with Crippen LogP contribution in [0.3, 0.4) is 0 Å². The molecule has 0 spiro atoms. The average Bonchev–Trinajstić information content (AvgIpc) is 3.28. The van der Waals surface area contributed by atoms with E-state index in [1.807, 2.05) is 41.0 Å². The van der Waals surface area contributed by atoms with Gasteiger partial charge in [-0.3, -0.25) is 14.3 Å². The number of anilines is 1. The number of aryl methyl sites for hydroxylation is 1. The maximum atomic E-state index is 12.6. The van der Waals surface area contributed by atoms with Crippen molar-refractivity contribution in [3.63, 3.8) is 0 Å². The maximum absolute atomic E-state index is 12.6. The van der Waals surface area contributed by atoms with Crippen molar-refractivity contribution in [2.75, 3.05) is 11.1 Å². The topological polar surface area (TPSA) is 72.7 Å². The molecule has 0 fully saturated rings. The van der Waals surface area contributed by atoms with Gasteiger partial charge in [0.05, 0.1) is 5.75 Å². The van der Waals surface area contributed by atoms with Crippen LogP contribution < -0.4 is 5.32 Å². The molecule has 0 aliphatic heterocycles. The van der Waals surface area contributed by atoms with E-state index in [9.17, 15) is 4.79 Å². The summed E-state index contributed by atoms with van der Waals surface area (Å²) < 4.78 is 1.98. The zero-order chi connectivity index (χ0) is 23.2. The highest BCUT2D eigenvalue weighted by Gasteiger charge is 2.17. The van der Waals surface area contributed by atoms with Crippen LogP contribution in [0.4, 0.5) is 5.69 Å². The van der Waals surface area contributed by atoms with E-state index in [2.05, 4.69) is 65.5 Å². The number of nitrogens with zero attached hydrogens (tertiary/aromatic N) is 4. The van der Waals surface area contributed by atoms with Crippen LogP contribution in [0, 0.1) is 6.92 Å². The molecule has 2 heterocycles. The molecule has 4 rings (SSSR count). The molecule has 2 aromatic carbocycles. The minimum Gasteiger partial charge on any atom is -0.325 e. The van der Waals surface area contributed by atoms with Crippen molar-refractivity contribution in [2.24, 2.45) is 0 Å². The quantitative estimate of drug-likeness (QED) is 0.334. The van der Waals surface area contributed by atoms with Gasteiger partial charge in [-0.25, -0.2) is 0 Å². The fraction of sp³-hybridized carbons (Fsp3) is 0.231. The number of rotatable bonds is 8. The highest BCUT2D eigenvalue weighted by atomic mass is 32.2. The van der Waals surface area contributed by atoms with E-state index in [0.717, 1.165) is 23.4 Å². The third-order valence-corrected chi connectivity index (χ3v) is 6.50. The van der Waals surface area contributed by atoms with Crippen molar-refractivity contribution in [3.8, 4) is 17.1 Å². The Balaban J connectivity index is 1.51. The number of hydrogen-bond donors (Lipinski definition) is 1. The molecule has 0 radical (unpaired) electrons. The van der Waals surface area contributed by atoms with E-state index in [-0.39, 0.29) is 11.7 Å². The molecule has 2 aromatic heterocycles. The fourth-order valence-electron chi connectivity index (χ4n) is 3.44. The molecule has 0 unspecified atom stereocenters. The molecule has 0 saturated carbocycles. The van der Waals surface area contributed by atoms with E-state index in [4.69, 9.17) is 0 Å². The number of pyridine rings is 1. The summed E-state index contributed by atoms with van der Waals surface area (Å²) in [6, 6.07) is 20.0. The lowest BCUT2D eigenvalue weighted by molar-refractivity contribution is -0.113. The second kappa shape index (κ2) is 10.4. The highest BCUT2D eigenvalue weighted by Crippen LogP contribution is 2.28. The molecule has 1 atom stereocenters. The summed E-state index contributed by atoms with van der Waals surface area (Å²) in [6.07, 6.45) is 4.55. The van der Waals surface area contributed by atoms with Crippen LogP contribution in [0.5, 0.6) is 0 Å². The first kappa shape index (κ1) is 22.7. The van der Waals surface area contributed by atoms with Gasteiger partial charge in [0.25, 0.3) is 0 Å². The van der Waals surface area contributed by atoms with Crippen molar-refractivity contribution in [1.82, 2.24) is 19.7 Å². The van der Waals surface area contributed by atoms with Gasteiger partial charge < -0.3 is 5.32 Å². The summed E-state index contributed by atoms with van der Waals surface area (Å²) >= 11 is 1.36. The first-order valence-corrected chi connectivity index (χ1v) is 12.0. The Labute approximate surface area is 198 Å². The minimum atomic E-state index is -0.0831. The van der Waals surface area contributed by atoms with Crippen molar-refractivity contribution in [2.45, 2.75) is 38.3 Å². The molecule has 0 aliphatic carbocycles. The van der Waals surface area contributed by atoms with Crippen molar-refractivity contribution < 1.29 is 4.79 Å². The Bertz CT molecular complexity index is 1200. The Hall–Kier alpha value is -3.45. The van der Waals surface area contributed by atoms with Crippen LogP contribution in [0.15, 0.2) is 78.2 Å². The molecular formula is C26H27N5OS. The largest absolute Gasteiger partial charge is 0.325 e. The number of hydrogen-bond acceptors (Lipinski definition) is 5. The molecule has 33 heavy (non-hydrogen) atoms. The van der Waals surface area contributed by atoms with Crippen molar-refractivity contribution in [3.05, 3.63) is 84.2 Å². The van der Waals surface area contributed by atoms with Gasteiger partial charge in [0.1, 0.15) is 0 Å². The molecule has 168 valence electrons. The van der Waals surface area contributed by atoms with Gasteiger partial charge in [0.15, 0.2) is 11.0 Å². The lowest BCUT2D eigenvalue weighted by atomic mass is 9.99. The first-order chi connectivity index (χ1) is 16.0. The molecule has 1 amide bonds. The van der Waals surface area contributed by atoms with E-state index < -0.39 is 0 Å². The zero-order valence-electron chi connectivity index (χ0n) is 19.0. The molecule has 0 aliphatic rings. The van der Waals surface area contributed by atoms with Crippen LogP contribution in [0.1, 0.15) is 37.3 Å². The Kier molecular flexibility index (Phi) is 7.19. The summed E-state index contributed by atoms with van der Waals surface area (Å²) in [7, 11) is 0. The molecule has 1 N–H and O–H groups in total. The van der Waals surface area contributed by atoms with Gasteiger partial charge >= 0.3 is 0 Å². The predicted molar refractivity (Wildman–Crippen MR) is 134 cm³/mol. The average molecular weight is 458 g/mol. The van der Waals surface area contributed by atoms with Crippen LogP contribution in [-0.2, 0) is 4.79 Å². The second-order valence-corrected chi connectivity index (χ2v) is 8.92. The summed E-state index contributed by atoms with van der Waals surface area (Å²) in [4.78, 5) is 16.7. The number of benzene rings is 2. The van der Waals surface area contributed by atoms with E-state index in [1.165, 1.54) is 22.9 Å². The Morgan fingerprint density at radius 1 is 1.00 bits per heavy atom. The van der Waals surface area contributed by atoms with Gasteiger partial charge in [-0.2, -0.15) is 0 Å². The van der Waals surface area contributed by atoms with Crippen LogP contribution in [0.2, 0.25) is 0 Å². The maximum Gasteiger partial charge on any atom is 0.234 e. The van der Waals surface area contributed by atoms with E-state index >= 15 is 0 Å². The third kappa shape index (κ3) is 5.49. The molecule has 6 nitrogen and oxygen atoms in total. The number of nitrogens with one attached hydrogen (secondary N) is 1. The number of thioether (sulfide) groups is 1. The zero-order valence-corrected chi connectivity index (χ0v) is 19.8. The number of carbonyl (C=O) groups is 1. The molecule has 7 heteroatoms. The third-order valence-electron chi connectivity index (χ3n) is 5.57. The summed E-state index contributed by atoms with van der Waals surface area (Å²) in [6.45, 7) is 6.43. The van der Waals surface area contributed by atoms with Crippen molar-refractivity contribution >= 4 is 23.4 Å². The summed E-state index contributed by atoms with van der Waals surface area (Å²) in [5, 5.41) is 12.4. The summed E-state index contributed by atoms with van der Waals surface area (Å²) in [5.41, 5.74) is 5.10. The molecule has 0 bridgehead atoms. The standard InChI is InChI=1S/C26H27N5OS/c1-4-19(3)20-7-9-22(10-8-20)28-24(32)17-33-26-30-29-25(21-13-15-27-16-14-21)31(26)23-11-5-18(2)6-12-23/h5-16,19H,4,17H2,1-3H3,(H,28,32)/t19-/m0/s1. The van der Waals surface area contributed by atoms with Crippen LogP contribution in [0.25, 0.3) is 17.1 Å². The van der Waals surface area contributed by atoms with Gasteiger partial charge in [0.2, 0.25) is 5.91 Å². The first-order valence-electron chi connectivity index (χ1n) is 11.0. The van der Waals surface area contributed by atoms with Gasteiger partial charge in [-0.1, -0.05) is 55.4 Å². The predicted octanol–water partition coefficient (Wildman–Crippen LogP) is 5.88. The lowest BCUT2D eigenvalue weighted by Gasteiger charge is -2.12. The molecular weight excluding hydrogens is 430 g/mol. The lowest BCUT2D eigenvalue weighted by Crippen LogP contribution is -2.14. The minimum absolute atomic E-state index is 0.0831. The SMILES string of the molecule is CC[C@H](C)c1ccc(NC(=O)CSc2nnc(-c3ccncc3)n2-c2ccc(C)cc2)cc1. The number of amides is 1.